The molecule has 3 rings (SSSR count). The molecular formula is C30H35N3O14. The van der Waals surface area contributed by atoms with Gasteiger partial charge in [-0.05, 0) is 63.4 Å². The standard InChI is InChI=1S/C30H35N3O14/c1-18(34)46-47-27(36)24-6-5-7-25(44-24)43-23-13-8-19(17-41-29(38)42-21-11-9-20(10-12-21)33(39)40)16-22(23)26(35)31-14-15-32-28(37)45-30(2,3)4/h8-13,16,24-25H,5-7,14-15,17H2,1-4H3,(H,31,35)(H,32,37). The van der Waals surface area contributed by atoms with Crippen molar-refractivity contribution in [2.45, 2.75) is 71.6 Å². The average Bonchev–Trinajstić information content (AvgIpc) is 3.00. The van der Waals surface area contributed by atoms with Crippen LogP contribution in [0.1, 0.15) is 62.9 Å². The van der Waals surface area contributed by atoms with Gasteiger partial charge >= 0.3 is 24.2 Å². The van der Waals surface area contributed by atoms with Crippen LogP contribution in [0.3, 0.4) is 0 Å². The predicted octanol–water partition coefficient (Wildman–Crippen LogP) is 3.86. The number of alkyl carbamates (subject to hydrolysis) is 1. The highest BCUT2D eigenvalue weighted by Crippen LogP contribution is 2.27. The molecule has 1 aliphatic rings. The molecular weight excluding hydrogens is 626 g/mol. The summed E-state index contributed by atoms with van der Waals surface area (Å²) in [5, 5.41) is 16.0. The lowest BCUT2D eigenvalue weighted by molar-refractivity contribution is -0.384. The Hall–Kier alpha value is -5.45. The van der Waals surface area contributed by atoms with Crippen LogP contribution >= 0.6 is 0 Å². The first kappa shape index (κ1) is 36.0. The molecule has 2 unspecified atom stereocenters. The van der Waals surface area contributed by atoms with E-state index in [1.807, 2.05) is 0 Å². The second kappa shape index (κ2) is 16.7. The number of ether oxygens (including phenoxy) is 5. The van der Waals surface area contributed by atoms with E-state index in [1.165, 1.54) is 30.3 Å². The Balaban J connectivity index is 1.68. The van der Waals surface area contributed by atoms with Gasteiger partial charge in [0.2, 0.25) is 6.29 Å². The minimum Gasteiger partial charge on any atom is -0.464 e. The van der Waals surface area contributed by atoms with Crippen molar-refractivity contribution in [3.8, 4) is 11.5 Å². The fourth-order valence-electron chi connectivity index (χ4n) is 3.95. The van der Waals surface area contributed by atoms with E-state index in [0.717, 1.165) is 19.1 Å². The molecule has 2 aromatic rings. The monoisotopic (exact) mass is 661 g/mol. The molecule has 0 radical (unpaired) electrons. The number of rotatable bonds is 11. The van der Waals surface area contributed by atoms with Gasteiger partial charge in [0, 0.05) is 38.6 Å². The Morgan fingerprint density at radius 3 is 2.34 bits per heavy atom. The molecule has 2 aromatic carbocycles. The quantitative estimate of drug-likeness (QED) is 0.0873. The first-order valence-electron chi connectivity index (χ1n) is 14.4. The van der Waals surface area contributed by atoms with Crippen molar-refractivity contribution >= 4 is 35.8 Å². The number of nitrogens with one attached hydrogen (secondary N) is 2. The zero-order chi connectivity index (χ0) is 34.6. The lowest BCUT2D eigenvalue weighted by Crippen LogP contribution is -2.39. The van der Waals surface area contributed by atoms with E-state index in [2.05, 4.69) is 20.4 Å². The third kappa shape index (κ3) is 12.5. The zero-order valence-electron chi connectivity index (χ0n) is 26.1. The Bertz CT molecular complexity index is 1450. The SMILES string of the molecule is CC(=O)OOC(=O)C1CCCC(Oc2ccc(COC(=O)Oc3ccc([N+](=O)[O-])cc3)cc2C(=O)NCCNC(=O)OC(C)(C)C)O1. The first-order valence-corrected chi connectivity index (χ1v) is 14.4. The minimum atomic E-state index is -1.10. The van der Waals surface area contributed by atoms with E-state index in [0.29, 0.717) is 18.4 Å². The van der Waals surface area contributed by atoms with Crippen LogP contribution in [0.15, 0.2) is 42.5 Å². The Kier molecular flexibility index (Phi) is 12.8. The smallest absolute Gasteiger partial charge is 0.464 e. The summed E-state index contributed by atoms with van der Waals surface area (Å²) in [6.45, 7) is 5.94. The molecule has 47 heavy (non-hydrogen) atoms. The van der Waals surface area contributed by atoms with Gasteiger partial charge in [0.05, 0.1) is 10.5 Å². The van der Waals surface area contributed by atoms with Crippen LogP contribution < -0.4 is 20.1 Å². The highest BCUT2D eigenvalue weighted by molar-refractivity contribution is 5.97. The van der Waals surface area contributed by atoms with Gasteiger partial charge in [-0.3, -0.25) is 14.9 Å². The molecule has 0 saturated carbocycles. The lowest BCUT2D eigenvalue weighted by atomic mass is 10.1. The van der Waals surface area contributed by atoms with Crippen LogP contribution in [0.2, 0.25) is 0 Å². The predicted molar refractivity (Wildman–Crippen MR) is 158 cm³/mol. The third-order valence-electron chi connectivity index (χ3n) is 5.96. The maximum absolute atomic E-state index is 13.2. The van der Waals surface area contributed by atoms with Crippen molar-refractivity contribution in [3.05, 3.63) is 63.7 Å². The number of non-ortho nitro benzene ring substituents is 1. The number of nitrogens with zero attached hydrogens (tertiary/aromatic N) is 1. The second-order valence-corrected chi connectivity index (χ2v) is 11.0. The van der Waals surface area contributed by atoms with Crippen molar-refractivity contribution in [3.63, 3.8) is 0 Å². The molecule has 254 valence electrons. The van der Waals surface area contributed by atoms with Gasteiger partial charge in [-0.25, -0.2) is 29.0 Å². The minimum absolute atomic E-state index is 0.0142. The molecule has 2 amide bonds. The van der Waals surface area contributed by atoms with Crippen molar-refractivity contribution < 1.29 is 62.4 Å². The van der Waals surface area contributed by atoms with Gasteiger partial charge in [0.25, 0.3) is 11.6 Å². The highest BCUT2D eigenvalue weighted by Gasteiger charge is 2.32. The zero-order valence-corrected chi connectivity index (χ0v) is 26.1. The summed E-state index contributed by atoms with van der Waals surface area (Å²) < 4.78 is 26.9. The van der Waals surface area contributed by atoms with Crippen LogP contribution in [-0.2, 0) is 40.2 Å². The summed E-state index contributed by atoms with van der Waals surface area (Å²) in [4.78, 5) is 79.5. The Labute approximate surface area is 268 Å². The average molecular weight is 662 g/mol. The van der Waals surface area contributed by atoms with Gasteiger partial charge in [-0.1, -0.05) is 6.07 Å². The van der Waals surface area contributed by atoms with Crippen LogP contribution in [0.25, 0.3) is 0 Å². The van der Waals surface area contributed by atoms with Gasteiger partial charge in [-0.15, -0.1) is 0 Å². The van der Waals surface area contributed by atoms with Gasteiger partial charge in [-0.2, -0.15) is 0 Å². The van der Waals surface area contributed by atoms with E-state index in [9.17, 15) is 34.1 Å². The Morgan fingerprint density at radius 1 is 0.979 bits per heavy atom. The summed E-state index contributed by atoms with van der Waals surface area (Å²) in [5.41, 5.74) is -0.508. The molecule has 2 N–H and O–H groups in total. The molecule has 1 aliphatic heterocycles. The second-order valence-electron chi connectivity index (χ2n) is 11.0. The molecule has 0 bridgehead atoms. The number of carbonyl (C=O) groups is 5. The Morgan fingerprint density at radius 2 is 1.68 bits per heavy atom. The van der Waals surface area contributed by atoms with E-state index in [1.54, 1.807) is 20.8 Å². The van der Waals surface area contributed by atoms with E-state index in [4.69, 9.17) is 23.7 Å². The fourth-order valence-corrected chi connectivity index (χ4v) is 3.95. The molecule has 0 aromatic heterocycles. The van der Waals surface area contributed by atoms with Crippen LogP contribution in [0.4, 0.5) is 15.3 Å². The number of nitro benzene ring substituents is 1. The molecule has 17 nitrogen and oxygen atoms in total. The van der Waals surface area contributed by atoms with Gasteiger partial charge in [0.15, 0.2) is 6.10 Å². The van der Waals surface area contributed by atoms with Gasteiger partial charge < -0.3 is 34.3 Å². The largest absolute Gasteiger partial charge is 0.514 e. The molecule has 1 fully saturated rings. The van der Waals surface area contributed by atoms with Gasteiger partial charge in [0.1, 0.15) is 23.7 Å². The summed E-state index contributed by atoms with van der Waals surface area (Å²) in [7, 11) is 0. The van der Waals surface area contributed by atoms with Crippen LogP contribution in [0, 0.1) is 10.1 Å². The molecule has 2 atom stereocenters. The number of benzene rings is 2. The number of amides is 2. The fraction of sp³-hybridized carbons (Fsp3) is 0.433. The lowest BCUT2D eigenvalue weighted by Gasteiger charge is -2.29. The van der Waals surface area contributed by atoms with Crippen molar-refractivity contribution in [2.75, 3.05) is 13.1 Å². The van der Waals surface area contributed by atoms with Crippen molar-refractivity contribution in [2.24, 2.45) is 0 Å². The maximum Gasteiger partial charge on any atom is 0.514 e. The van der Waals surface area contributed by atoms with Crippen molar-refractivity contribution in [1.29, 1.82) is 0 Å². The number of carbonyl (C=O) groups excluding carboxylic acids is 5. The number of hydrogen-bond acceptors (Lipinski definition) is 14. The van der Waals surface area contributed by atoms with E-state index < -0.39 is 53.0 Å². The summed E-state index contributed by atoms with van der Waals surface area (Å²) in [6.07, 6.45) is -2.68. The molecule has 17 heteroatoms. The molecule has 0 aliphatic carbocycles. The normalized spacial score (nSPS) is 15.7. The number of nitro groups is 1. The number of hydrogen-bond donors (Lipinski definition) is 2. The summed E-state index contributed by atoms with van der Waals surface area (Å²) >= 11 is 0. The maximum atomic E-state index is 13.2. The third-order valence-corrected chi connectivity index (χ3v) is 5.96. The molecule has 1 heterocycles. The van der Waals surface area contributed by atoms with Crippen molar-refractivity contribution in [1.82, 2.24) is 10.6 Å². The summed E-state index contributed by atoms with van der Waals surface area (Å²) in [5.74, 6) is -2.26. The summed E-state index contributed by atoms with van der Waals surface area (Å²) in [6, 6.07) is 9.16. The van der Waals surface area contributed by atoms with Crippen LogP contribution in [0.5, 0.6) is 11.5 Å². The van der Waals surface area contributed by atoms with E-state index >= 15 is 0 Å². The molecule has 0 spiro atoms. The van der Waals surface area contributed by atoms with Crippen LogP contribution in [-0.4, -0.2) is 66.1 Å². The van der Waals surface area contributed by atoms with E-state index in [-0.39, 0.29) is 48.9 Å². The highest BCUT2D eigenvalue weighted by atomic mass is 17.2. The topological polar surface area (TPSA) is 217 Å². The molecule has 1 saturated heterocycles. The first-order chi connectivity index (χ1) is 22.2.